The molecule has 0 aromatic carbocycles. The van der Waals surface area contributed by atoms with Crippen LogP contribution in [-0.4, -0.2) is 65.3 Å². The lowest BCUT2D eigenvalue weighted by Gasteiger charge is -2.32. The predicted molar refractivity (Wildman–Crippen MR) is 67.1 cm³/mol. The van der Waals surface area contributed by atoms with Gasteiger partial charge in [-0.3, -0.25) is 9.69 Å². The molecule has 0 aromatic heterocycles. The molecule has 2 heterocycles. The normalized spacial score (nSPS) is 26.8. The van der Waals surface area contributed by atoms with Crippen LogP contribution in [0.3, 0.4) is 0 Å². The van der Waals surface area contributed by atoms with E-state index in [2.05, 4.69) is 0 Å². The van der Waals surface area contributed by atoms with Gasteiger partial charge in [0.15, 0.2) is 6.10 Å². The third-order valence-corrected chi connectivity index (χ3v) is 4.16. The Hall–Kier alpha value is -0.820. The Morgan fingerprint density at radius 2 is 1.80 bits per heavy atom. The molecule has 0 aromatic rings. The molecule has 2 atom stereocenters. The van der Waals surface area contributed by atoms with Crippen LogP contribution >= 0.6 is 0 Å². The number of aliphatic hydroxyl groups excluding tert-OH is 1. The molecule has 2 rings (SSSR count). The van der Waals surface area contributed by atoms with Crippen LogP contribution in [0, 0.1) is 0 Å². The zero-order valence-corrected chi connectivity index (χ0v) is 11.4. The second-order valence-electron chi connectivity index (χ2n) is 5.61. The highest BCUT2D eigenvalue weighted by Gasteiger charge is 2.47. The Labute approximate surface area is 116 Å². The van der Waals surface area contributed by atoms with Crippen molar-refractivity contribution < 1.29 is 23.1 Å². The summed E-state index contributed by atoms with van der Waals surface area (Å²) >= 11 is 0. The molecule has 2 unspecified atom stereocenters. The van der Waals surface area contributed by atoms with Crippen molar-refractivity contribution in [1.29, 1.82) is 0 Å². The van der Waals surface area contributed by atoms with Gasteiger partial charge in [-0.15, -0.1) is 0 Å². The highest BCUT2D eigenvalue weighted by molar-refractivity contribution is 5.78. The molecule has 0 saturated carbocycles. The third-order valence-electron chi connectivity index (χ3n) is 4.16. The van der Waals surface area contributed by atoms with Crippen LogP contribution in [-0.2, 0) is 4.79 Å². The van der Waals surface area contributed by atoms with Crippen molar-refractivity contribution in [2.75, 3.05) is 26.2 Å². The average molecular weight is 294 g/mol. The molecule has 2 fully saturated rings. The number of nitrogens with zero attached hydrogens (tertiary/aromatic N) is 2. The number of likely N-dealkylation sites (tertiary alicyclic amines) is 2. The number of amides is 1. The standard InChI is InChI=1S/C13H21F3N2O2/c14-13(15,16)12(20)10-5-4-8-18(10)9-11(19)17-6-2-1-3-7-17/h10,12,20H,1-9H2. The van der Waals surface area contributed by atoms with E-state index in [1.165, 1.54) is 4.90 Å². The smallest absolute Gasteiger partial charge is 0.382 e. The summed E-state index contributed by atoms with van der Waals surface area (Å²) in [6.07, 6.45) is -3.09. The van der Waals surface area contributed by atoms with E-state index in [9.17, 15) is 23.1 Å². The first-order valence-corrected chi connectivity index (χ1v) is 7.16. The van der Waals surface area contributed by atoms with E-state index < -0.39 is 18.3 Å². The van der Waals surface area contributed by atoms with Crippen LogP contribution in [0.5, 0.6) is 0 Å². The maximum absolute atomic E-state index is 12.6. The van der Waals surface area contributed by atoms with E-state index in [0.717, 1.165) is 19.3 Å². The molecule has 1 N–H and O–H groups in total. The maximum Gasteiger partial charge on any atom is 0.415 e. The van der Waals surface area contributed by atoms with Crippen LogP contribution in [0.1, 0.15) is 32.1 Å². The molecule has 0 radical (unpaired) electrons. The summed E-state index contributed by atoms with van der Waals surface area (Å²) in [6, 6.07) is -0.983. The minimum atomic E-state index is -4.62. The second-order valence-corrected chi connectivity index (χ2v) is 5.61. The summed E-state index contributed by atoms with van der Waals surface area (Å²) in [5.74, 6) is -0.119. The number of alkyl halides is 3. The van der Waals surface area contributed by atoms with E-state index in [0.29, 0.717) is 26.1 Å². The zero-order chi connectivity index (χ0) is 14.8. The molecule has 20 heavy (non-hydrogen) atoms. The van der Waals surface area contributed by atoms with Gasteiger partial charge in [0, 0.05) is 19.1 Å². The monoisotopic (exact) mass is 294 g/mol. The molecule has 0 aliphatic carbocycles. The number of carbonyl (C=O) groups is 1. The number of aliphatic hydroxyl groups is 1. The molecule has 7 heteroatoms. The predicted octanol–water partition coefficient (Wildman–Crippen LogP) is 1.39. The number of halogens is 3. The van der Waals surface area contributed by atoms with Gasteiger partial charge in [-0.2, -0.15) is 13.2 Å². The summed E-state index contributed by atoms with van der Waals surface area (Å²) < 4.78 is 37.8. The summed E-state index contributed by atoms with van der Waals surface area (Å²) in [7, 11) is 0. The van der Waals surface area contributed by atoms with Gasteiger partial charge in [-0.25, -0.2) is 0 Å². The van der Waals surface area contributed by atoms with E-state index in [-0.39, 0.29) is 18.9 Å². The molecule has 4 nitrogen and oxygen atoms in total. The van der Waals surface area contributed by atoms with Crippen molar-refractivity contribution in [1.82, 2.24) is 9.80 Å². The van der Waals surface area contributed by atoms with Gasteiger partial charge in [0.1, 0.15) is 0 Å². The van der Waals surface area contributed by atoms with Crippen molar-refractivity contribution >= 4 is 5.91 Å². The minimum Gasteiger partial charge on any atom is -0.382 e. The Morgan fingerprint density at radius 1 is 1.15 bits per heavy atom. The van der Waals surface area contributed by atoms with Gasteiger partial charge in [0.2, 0.25) is 5.91 Å². The molecular formula is C13H21F3N2O2. The third kappa shape index (κ3) is 3.63. The van der Waals surface area contributed by atoms with Gasteiger partial charge in [-0.05, 0) is 38.6 Å². The Morgan fingerprint density at radius 3 is 2.40 bits per heavy atom. The number of piperidine rings is 1. The lowest BCUT2D eigenvalue weighted by molar-refractivity contribution is -0.219. The second kappa shape index (κ2) is 6.30. The topological polar surface area (TPSA) is 43.8 Å². The highest BCUT2D eigenvalue weighted by atomic mass is 19.4. The zero-order valence-electron chi connectivity index (χ0n) is 11.4. The summed E-state index contributed by atoms with van der Waals surface area (Å²) in [5.41, 5.74) is 0. The molecule has 2 aliphatic rings. The minimum absolute atomic E-state index is 0.0161. The summed E-state index contributed by atoms with van der Waals surface area (Å²) in [5, 5.41) is 9.39. The van der Waals surface area contributed by atoms with Crippen LogP contribution in [0.2, 0.25) is 0 Å². The molecule has 116 valence electrons. The molecule has 2 aliphatic heterocycles. The SMILES string of the molecule is O=C(CN1CCCC1C(O)C(F)(F)F)N1CCCCC1. The van der Waals surface area contributed by atoms with Gasteiger partial charge in [0.05, 0.1) is 6.54 Å². The van der Waals surface area contributed by atoms with Gasteiger partial charge >= 0.3 is 6.18 Å². The first-order chi connectivity index (χ1) is 9.39. The van der Waals surface area contributed by atoms with Crippen LogP contribution in [0.15, 0.2) is 0 Å². The average Bonchev–Trinajstić information content (AvgIpc) is 2.85. The molecule has 1 amide bonds. The highest BCUT2D eigenvalue weighted by Crippen LogP contribution is 2.30. The summed E-state index contributed by atoms with van der Waals surface area (Å²) in [4.78, 5) is 15.3. The Kier molecular flexibility index (Phi) is 4.90. The lowest BCUT2D eigenvalue weighted by Crippen LogP contribution is -2.50. The lowest BCUT2D eigenvalue weighted by atomic mass is 10.1. The van der Waals surface area contributed by atoms with Gasteiger partial charge in [0.25, 0.3) is 0 Å². The number of carbonyl (C=O) groups excluding carboxylic acids is 1. The Balaban J connectivity index is 1.92. The first-order valence-electron chi connectivity index (χ1n) is 7.16. The van der Waals surface area contributed by atoms with Gasteiger partial charge in [-0.1, -0.05) is 0 Å². The fourth-order valence-electron chi connectivity index (χ4n) is 3.04. The molecule has 0 spiro atoms. The number of hydrogen-bond acceptors (Lipinski definition) is 3. The maximum atomic E-state index is 12.6. The van der Waals surface area contributed by atoms with Crippen molar-refractivity contribution in [3.05, 3.63) is 0 Å². The van der Waals surface area contributed by atoms with Crippen molar-refractivity contribution in [2.45, 2.75) is 50.4 Å². The van der Waals surface area contributed by atoms with E-state index in [4.69, 9.17) is 0 Å². The van der Waals surface area contributed by atoms with Crippen molar-refractivity contribution in [3.63, 3.8) is 0 Å². The fourth-order valence-corrected chi connectivity index (χ4v) is 3.04. The van der Waals surface area contributed by atoms with Crippen LogP contribution in [0.4, 0.5) is 13.2 Å². The van der Waals surface area contributed by atoms with E-state index in [1.807, 2.05) is 0 Å². The summed E-state index contributed by atoms with van der Waals surface area (Å²) in [6.45, 7) is 1.81. The fraction of sp³-hybridized carbons (Fsp3) is 0.923. The Bertz CT molecular complexity index is 343. The van der Waals surface area contributed by atoms with Crippen molar-refractivity contribution in [2.24, 2.45) is 0 Å². The molecular weight excluding hydrogens is 273 g/mol. The van der Waals surface area contributed by atoms with E-state index >= 15 is 0 Å². The number of hydrogen-bond donors (Lipinski definition) is 1. The molecule has 2 saturated heterocycles. The van der Waals surface area contributed by atoms with E-state index in [1.54, 1.807) is 4.90 Å². The van der Waals surface area contributed by atoms with Crippen LogP contribution < -0.4 is 0 Å². The quantitative estimate of drug-likeness (QED) is 0.855. The van der Waals surface area contributed by atoms with Crippen LogP contribution in [0.25, 0.3) is 0 Å². The van der Waals surface area contributed by atoms with Crippen molar-refractivity contribution in [3.8, 4) is 0 Å². The van der Waals surface area contributed by atoms with Gasteiger partial charge < -0.3 is 10.0 Å². The first kappa shape index (κ1) is 15.6. The number of rotatable bonds is 3. The molecule has 0 bridgehead atoms. The largest absolute Gasteiger partial charge is 0.415 e.